The second-order valence-electron chi connectivity index (χ2n) is 15.7. The number of fused-ring (bicyclic) bond motifs is 8. The quantitative estimate of drug-likeness (QED) is 0.164. The average molecular weight is 734 g/mol. The predicted molar refractivity (Wildman–Crippen MR) is 237 cm³/mol. The molecule has 0 bridgehead atoms. The Balaban J connectivity index is 1.04. The fraction of sp³-hybridized carbons (Fsp3) is 0.0741. The summed E-state index contributed by atoms with van der Waals surface area (Å²) in [4.78, 5) is 3.76. The van der Waals surface area contributed by atoms with E-state index in [1.165, 1.54) is 76.2 Å². The summed E-state index contributed by atoms with van der Waals surface area (Å²) in [5, 5.41) is 1.34. The van der Waals surface area contributed by atoms with Crippen molar-refractivity contribution in [1.82, 2.24) is 0 Å². The summed E-state index contributed by atoms with van der Waals surface area (Å²) >= 11 is 1.92. The van der Waals surface area contributed by atoms with Crippen molar-refractivity contribution < 1.29 is 0 Å². The third-order valence-electron chi connectivity index (χ3n) is 12.4. The molecule has 0 N–H and O–H groups in total. The van der Waals surface area contributed by atoms with Gasteiger partial charge in [-0.05, 0) is 115 Å². The minimum absolute atomic E-state index is 0.0748. The number of thiophene rings is 1. The van der Waals surface area contributed by atoms with E-state index >= 15 is 0 Å². The van der Waals surface area contributed by atoms with Crippen LogP contribution in [0.15, 0.2) is 200 Å². The molecular formula is C54H39NS. The van der Waals surface area contributed by atoms with Crippen molar-refractivity contribution in [2.24, 2.45) is 0 Å². The molecule has 1 nitrogen and oxygen atoms in total. The summed E-state index contributed by atoms with van der Waals surface area (Å²) < 4.78 is 1.33. The van der Waals surface area contributed by atoms with Gasteiger partial charge in [0.1, 0.15) is 0 Å². The molecule has 0 saturated carbocycles. The van der Waals surface area contributed by atoms with Gasteiger partial charge in [-0.2, -0.15) is 0 Å². The van der Waals surface area contributed by atoms with Gasteiger partial charge in [0.15, 0.2) is 0 Å². The highest BCUT2D eigenvalue weighted by atomic mass is 32.1. The highest BCUT2D eigenvalue weighted by Gasteiger charge is 2.48. The van der Waals surface area contributed by atoms with Gasteiger partial charge in [-0.25, -0.2) is 0 Å². The van der Waals surface area contributed by atoms with Gasteiger partial charge in [0.25, 0.3) is 0 Å². The second-order valence-corrected chi connectivity index (χ2v) is 16.7. The summed E-state index contributed by atoms with van der Waals surface area (Å²) in [6, 6.07) is 74.1. The van der Waals surface area contributed by atoms with E-state index in [9.17, 15) is 0 Å². The molecule has 0 saturated heterocycles. The molecule has 0 amide bonds. The van der Waals surface area contributed by atoms with Crippen molar-refractivity contribution in [3.05, 3.63) is 234 Å². The SMILES string of the molecule is CC1(C)c2ccccc2-c2ccc(N(c3ccccc3)c3ccc(-c4ccc5c(c4)-c4sc6ccccc6c4C5(c4ccccc4)c4ccccc4)cc3)cc21. The van der Waals surface area contributed by atoms with E-state index in [2.05, 4.69) is 219 Å². The maximum Gasteiger partial charge on any atom is 0.0728 e. The lowest BCUT2D eigenvalue weighted by Crippen LogP contribution is -2.28. The Morgan fingerprint density at radius 3 is 1.71 bits per heavy atom. The fourth-order valence-corrected chi connectivity index (χ4v) is 11.1. The molecule has 8 aromatic carbocycles. The van der Waals surface area contributed by atoms with Gasteiger partial charge in [-0.1, -0.05) is 166 Å². The summed E-state index contributed by atoms with van der Waals surface area (Å²) in [6.45, 7) is 4.70. The molecule has 0 atom stereocenters. The van der Waals surface area contributed by atoms with Gasteiger partial charge in [0.05, 0.1) is 5.41 Å². The van der Waals surface area contributed by atoms with Crippen LogP contribution in [0.25, 0.3) is 42.8 Å². The molecule has 9 aromatic rings. The van der Waals surface area contributed by atoms with Gasteiger partial charge < -0.3 is 4.90 Å². The molecule has 2 aliphatic carbocycles. The first-order valence-corrected chi connectivity index (χ1v) is 20.3. The van der Waals surface area contributed by atoms with Gasteiger partial charge >= 0.3 is 0 Å². The Labute approximate surface area is 332 Å². The van der Waals surface area contributed by atoms with E-state index < -0.39 is 5.41 Å². The third kappa shape index (κ3) is 4.73. The molecule has 2 heteroatoms. The molecule has 1 heterocycles. The number of hydrogen-bond acceptors (Lipinski definition) is 2. The number of rotatable bonds is 6. The molecule has 0 spiro atoms. The van der Waals surface area contributed by atoms with E-state index in [0.717, 1.165) is 17.1 Å². The molecular weight excluding hydrogens is 695 g/mol. The first-order valence-electron chi connectivity index (χ1n) is 19.5. The lowest BCUT2D eigenvalue weighted by atomic mass is 9.67. The molecule has 1 aromatic heterocycles. The normalized spacial score (nSPS) is 14.2. The van der Waals surface area contributed by atoms with Crippen molar-refractivity contribution >= 4 is 38.5 Å². The first-order chi connectivity index (χ1) is 27.5. The predicted octanol–water partition coefficient (Wildman–Crippen LogP) is 14.7. The monoisotopic (exact) mass is 733 g/mol. The van der Waals surface area contributed by atoms with E-state index in [-0.39, 0.29) is 5.41 Å². The van der Waals surface area contributed by atoms with Crippen LogP contribution >= 0.6 is 11.3 Å². The van der Waals surface area contributed by atoms with E-state index in [1.807, 2.05) is 11.3 Å². The largest absolute Gasteiger partial charge is 0.310 e. The van der Waals surface area contributed by atoms with Crippen molar-refractivity contribution in [3.8, 4) is 32.7 Å². The van der Waals surface area contributed by atoms with Crippen molar-refractivity contribution in [3.63, 3.8) is 0 Å². The van der Waals surface area contributed by atoms with Crippen molar-refractivity contribution in [1.29, 1.82) is 0 Å². The van der Waals surface area contributed by atoms with Crippen LogP contribution in [0.3, 0.4) is 0 Å². The van der Waals surface area contributed by atoms with E-state index in [0.29, 0.717) is 0 Å². The van der Waals surface area contributed by atoms with Crippen LogP contribution in [0.1, 0.15) is 47.2 Å². The zero-order chi connectivity index (χ0) is 37.4. The molecule has 2 aliphatic rings. The molecule has 0 aliphatic heterocycles. The van der Waals surface area contributed by atoms with Crippen LogP contribution in [0, 0.1) is 0 Å². The summed E-state index contributed by atoms with van der Waals surface area (Å²) in [5.41, 5.74) is 17.5. The van der Waals surface area contributed by atoms with Gasteiger partial charge in [-0.15, -0.1) is 11.3 Å². The van der Waals surface area contributed by atoms with Crippen LogP contribution in [0.5, 0.6) is 0 Å². The highest BCUT2D eigenvalue weighted by Crippen LogP contribution is 2.61. The minimum atomic E-state index is -0.419. The smallest absolute Gasteiger partial charge is 0.0728 e. The first kappa shape index (κ1) is 32.9. The Hall–Kier alpha value is -6.48. The van der Waals surface area contributed by atoms with Crippen LogP contribution in [0.2, 0.25) is 0 Å². The van der Waals surface area contributed by atoms with Crippen LogP contribution in [0.4, 0.5) is 17.1 Å². The highest BCUT2D eigenvalue weighted by molar-refractivity contribution is 7.22. The fourth-order valence-electron chi connectivity index (χ4n) is 9.78. The maximum atomic E-state index is 2.45. The maximum absolute atomic E-state index is 2.45. The van der Waals surface area contributed by atoms with Gasteiger partial charge in [-0.3, -0.25) is 0 Å². The topological polar surface area (TPSA) is 3.24 Å². The zero-order valence-corrected chi connectivity index (χ0v) is 32.2. The number of para-hydroxylation sites is 1. The minimum Gasteiger partial charge on any atom is -0.310 e. The van der Waals surface area contributed by atoms with E-state index in [1.54, 1.807) is 0 Å². The summed E-state index contributed by atoms with van der Waals surface area (Å²) in [7, 11) is 0. The average Bonchev–Trinajstić information content (AvgIpc) is 3.86. The standard InChI is InChI=1S/C54H39NS/c1-53(2)47-24-14-12-22-43(47)44-32-31-42(35-49(44)53)55(40-20-10-5-11-21-40)41-29-26-36(27-30-41)37-28-33-48-46(34-37)52-51(45-23-13-15-25-50(45)56-52)54(48,38-16-6-3-7-17-38)39-18-8-4-9-19-39/h3-35H,1-2H3. The van der Waals surface area contributed by atoms with E-state index in [4.69, 9.17) is 0 Å². The Morgan fingerprint density at radius 1 is 0.411 bits per heavy atom. The molecule has 0 unspecified atom stereocenters. The van der Waals surface area contributed by atoms with Crippen LogP contribution in [-0.4, -0.2) is 0 Å². The Morgan fingerprint density at radius 2 is 0.982 bits per heavy atom. The number of benzene rings is 8. The lowest BCUT2D eigenvalue weighted by molar-refractivity contribution is 0.660. The Bertz CT molecular complexity index is 2880. The lowest BCUT2D eigenvalue weighted by Gasteiger charge is -2.34. The molecule has 0 radical (unpaired) electrons. The number of hydrogen-bond donors (Lipinski definition) is 0. The van der Waals surface area contributed by atoms with Crippen molar-refractivity contribution in [2.45, 2.75) is 24.7 Å². The number of nitrogens with zero attached hydrogens (tertiary/aromatic N) is 1. The molecule has 0 fully saturated rings. The third-order valence-corrected chi connectivity index (χ3v) is 13.6. The molecule has 56 heavy (non-hydrogen) atoms. The van der Waals surface area contributed by atoms with Crippen LogP contribution < -0.4 is 4.90 Å². The zero-order valence-electron chi connectivity index (χ0n) is 31.4. The van der Waals surface area contributed by atoms with Crippen LogP contribution in [-0.2, 0) is 10.8 Å². The summed E-state index contributed by atoms with van der Waals surface area (Å²) in [6.07, 6.45) is 0. The Kier molecular flexibility index (Phi) is 7.36. The molecule has 11 rings (SSSR count). The number of anilines is 3. The molecule has 266 valence electrons. The van der Waals surface area contributed by atoms with Crippen molar-refractivity contribution in [2.75, 3.05) is 4.90 Å². The van der Waals surface area contributed by atoms with Gasteiger partial charge in [0, 0.05) is 32.1 Å². The second kappa shape index (κ2) is 12.5. The van der Waals surface area contributed by atoms with Gasteiger partial charge in [0.2, 0.25) is 0 Å². The summed E-state index contributed by atoms with van der Waals surface area (Å²) in [5.74, 6) is 0.